The van der Waals surface area contributed by atoms with Crippen LogP contribution in [0.2, 0.25) is 5.02 Å². The molecule has 1 atom stereocenters. The van der Waals surface area contributed by atoms with E-state index in [0.717, 1.165) is 0 Å². The van der Waals surface area contributed by atoms with E-state index in [-0.39, 0.29) is 11.8 Å². The molecule has 1 aliphatic heterocycles. The molecule has 1 aromatic rings. The number of rotatable bonds is 4. The first kappa shape index (κ1) is 19.0. The van der Waals surface area contributed by atoms with Crippen LogP contribution in [0.3, 0.4) is 0 Å². The summed E-state index contributed by atoms with van der Waals surface area (Å²) in [5, 5.41) is 0.421. The molecule has 1 N–H and O–H groups in total. The van der Waals surface area contributed by atoms with Crippen molar-refractivity contribution >= 4 is 27.7 Å². The summed E-state index contributed by atoms with van der Waals surface area (Å²) in [5.74, 6) is -0.185. The maximum Gasteiger partial charge on any atom is 0.410 e. The quantitative estimate of drug-likeness (QED) is 0.879. The van der Waals surface area contributed by atoms with Crippen LogP contribution in [0.15, 0.2) is 24.3 Å². The predicted molar refractivity (Wildman–Crippen MR) is 93.4 cm³/mol. The fourth-order valence-electron chi connectivity index (χ4n) is 2.46. The number of ether oxygens (including phenoxy) is 1. The fraction of sp³-hybridized carbons (Fsp3) is 0.562. The van der Waals surface area contributed by atoms with Gasteiger partial charge in [-0.1, -0.05) is 29.8 Å². The normalized spacial score (nSPS) is 18.7. The monoisotopic (exact) mass is 374 g/mol. The van der Waals surface area contributed by atoms with Gasteiger partial charge in [-0.3, -0.25) is 0 Å². The van der Waals surface area contributed by atoms with E-state index in [1.54, 1.807) is 45.0 Å². The SMILES string of the molecule is CC(C)(C)OC(=O)N1CC[C@@H](NS(=O)(=O)Cc2ccccc2Cl)C1. The molecule has 8 heteroatoms. The zero-order valence-electron chi connectivity index (χ0n) is 14.1. The second-order valence-electron chi connectivity index (χ2n) is 6.88. The highest BCUT2D eigenvalue weighted by Crippen LogP contribution is 2.19. The van der Waals surface area contributed by atoms with Crippen LogP contribution in [-0.2, 0) is 20.5 Å². The highest BCUT2D eigenvalue weighted by Gasteiger charge is 2.32. The Morgan fingerprint density at radius 3 is 2.67 bits per heavy atom. The molecule has 1 amide bonds. The van der Waals surface area contributed by atoms with Crippen molar-refractivity contribution in [1.82, 2.24) is 9.62 Å². The van der Waals surface area contributed by atoms with E-state index in [2.05, 4.69) is 4.72 Å². The van der Waals surface area contributed by atoms with Crippen molar-refractivity contribution in [1.29, 1.82) is 0 Å². The molecule has 0 radical (unpaired) electrons. The lowest BCUT2D eigenvalue weighted by molar-refractivity contribution is 0.0292. The summed E-state index contributed by atoms with van der Waals surface area (Å²) in [4.78, 5) is 13.5. The van der Waals surface area contributed by atoms with Gasteiger partial charge < -0.3 is 9.64 Å². The smallest absolute Gasteiger partial charge is 0.410 e. The second-order valence-corrected chi connectivity index (χ2v) is 9.04. The predicted octanol–water partition coefficient (Wildman–Crippen LogP) is 2.77. The van der Waals surface area contributed by atoms with Gasteiger partial charge in [0.25, 0.3) is 0 Å². The molecule has 0 aliphatic carbocycles. The Bertz CT molecular complexity index is 700. The summed E-state index contributed by atoms with van der Waals surface area (Å²) >= 11 is 6.01. The summed E-state index contributed by atoms with van der Waals surface area (Å²) in [6.45, 7) is 6.16. The number of amides is 1. The van der Waals surface area contributed by atoms with Crippen LogP contribution in [0.1, 0.15) is 32.8 Å². The van der Waals surface area contributed by atoms with Crippen molar-refractivity contribution in [3.63, 3.8) is 0 Å². The first-order valence-corrected chi connectivity index (χ1v) is 9.80. The number of sulfonamides is 1. The number of hydrogen-bond acceptors (Lipinski definition) is 4. The molecule has 1 fully saturated rings. The van der Waals surface area contributed by atoms with E-state index in [1.807, 2.05) is 0 Å². The highest BCUT2D eigenvalue weighted by molar-refractivity contribution is 7.88. The van der Waals surface area contributed by atoms with Gasteiger partial charge in [0.15, 0.2) is 0 Å². The van der Waals surface area contributed by atoms with Crippen molar-refractivity contribution in [3.8, 4) is 0 Å². The van der Waals surface area contributed by atoms with Gasteiger partial charge in [-0.25, -0.2) is 17.9 Å². The number of likely N-dealkylation sites (tertiary alicyclic amines) is 1. The maximum absolute atomic E-state index is 12.3. The lowest BCUT2D eigenvalue weighted by Crippen LogP contribution is -2.40. The molecule has 2 rings (SSSR count). The molecular formula is C16H23ClN2O4S. The molecule has 24 heavy (non-hydrogen) atoms. The molecule has 6 nitrogen and oxygen atoms in total. The summed E-state index contributed by atoms with van der Waals surface area (Å²) in [7, 11) is -3.54. The van der Waals surface area contributed by atoms with E-state index in [0.29, 0.717) is 30.1 Å². The van der Waals surface area contributed by atoms with Gasteiger partial charge in [0.2, 0.25) is 10.0 Å². The summed E-state index contributed by atoms with van der Waals surface area (Å²) in [6, 6.07) is 6.53. The zero-order valence-corrected chi connectivity index (χ0v) is 15.7. The van der Waals surface area contributed by atoms with Crippen molar-refractivity contribution < 1.29 is 17.9 Å². The molecule has 0 spiro atoms. The lowest BCUT2D eigenvalue weighted by Gasteiger charge is -2.24. The van der Waals surface area contributed by atoms with Crippen molar-refractivity contribution in [3.05, 3.63) is 34.9 Å². The highest BCUT2D eigenvalue weighted by atomic mass is 35.5. The molecule has 0 aromatic heterocycles. The van der Waals surface area contributed by atoms with Crippen LogP contribution in [-0.4, -0.2) is 44.1 Å². The van der Waals surface area contributed by atoms with Crippen LogP contribution in [0.4, 0.5) is 4.79 Å². The standard InChI is InChI=1S/C16H23ClN2O4S/c1-16(2,3)23-15(20)19-9-8-13(10-19)18-24(21,22)11-12-6-4-5-7-14(12)17/h4-7,13,18H,8-11H2,1-3H3/t13-/m1/s1. The number of halogens is 1. The minimum absolute atomic E-state index is 0.185. The van der Waals surface area contributed by atoms with E-state index in [4.69, 9.17) is 16.3 Å². The van der Waals surface area contributed by atoms with Crippen molar-refractivity contribution in [2.75, 3.05) is 13.1 Å². The van der Waals surface area contributed by atoms with Gasteiger partial charge in [0.05, 0.1) is 5.75 Å². The Hall–Kier alpha value is -1.31. The third kappa shape index (κ3) is 5.65. The average molecular weight is 375 g/mol. The summed E-state index contributed by atoms with van der Waals surface area (Å²) in [6.07, 6.45) is 0.136. The topological polar surface area (TPSA) is 75.7 Å². The maximum atomic E-state index is 12.3. The van der Waals surface area contributed by atoms with E-state index >= 15 is 0 Å². The molecule has 0 bridgehead atoms. The van der Waals surface area contributed by atoms with Gasteiger partial charge in [0, 0.05) is 24.2 Å². The average Bonchev–Trinajstić information content (AvgIpc) is 2.87. The number of benzene rings is 1. The number of nitrogens with one attached hydrogen (secondary N) is 1. The van der Waals surface area contributed by atoms with E-state index in [9.17, 15) is 13.2 Å². The first-order chi connectivity index (χ1) is 11.1. The van der Waals surface area contributed by atoms with E-state index in [1.165, 1.54) is 4.90 Å². The van der Waals surface area contributed by atoms with Gasteiger partial charge in [-0.15, -0.1) is 0 Å². The summed E-state index contributed by atoms with van der Waals surface area (Å²) < 4.78 is 32.6. The Labute approximate surface area is 148 Å². The minimum Gasteiger partial charge on any atom is -0.444 e. The van der Waals surface area contributed by atoms with Crippen LogP contribution in [0.5, 0.6) is 0 Å². The van der Waals surface area contributed by atoms with Gasteiger partial charge >= 0.3 is 6.09 Å². The minimum atomic E-state index is -3.54. The Balaban J connectivity index is 1.92. The molecule has 1 heterocycles. The second kappa shape index (κ2) is 7.29. The molecule has 0 saturated carbocycles. The third-order valence-corrected chi connectivity index (χ3v) is 5.24. The Morgan fingerprint density at radius 1 is 1.38 bits per heavy atom. The molecule has 1 aliphatic rings. The van der Waals surface area contributed by atoms with Crippen LogP contribution in [0, 0.1) is 0 Å². The molecular weight excluding hydrogens is 352 g/mol. The van der Waals surface area contributed by atoms with Crippen LogP contribution >= 0.6 is 11.6 Å². The van der Waals surface area contributed by atoms with E-state index < -0.39 is 21.7 Å². The lowest BCUT2D eigenvalue weighted by atomic mass is 10.2. The van der Waals surface area contributed by atoms with Crippen LogP contribution in [0.25, 0.3) is 0 Å². The van der Waals surface area contributed by atoms with Crippen LogP contribution < -0.4 is 4.72 Å². The van der Waals surface area contributed by atoms with Crippen molar-refractivity contribution in [2.45, 2.75) is 44.6 Å². The fourth-order valence-corrected chi connectivity index (χ4v) is 4.19. The van der Waals surface area contributed by atoms with Gasteiger partial charge in [-0.2, -0.15) is 0 Å². The largest absolute Gasteiger partial charge is 0.444 e. The molecule has 1 saturated heterocycles. The van der Waals surface area contributed by atoms with Crippen molar-refractivity contribution in [2.24, 2.45) is 0 Å². The third-order valence-electron chi connectivity index (χ3n) is 3.49. The molecule has 134 valence electrons. The number of nitrogens with zero attached hydrogens (tertiary/aromatic N) is 1. The number of carbonyl (C=O) groups excluding carboxylic acids is 1. The Kier molecular flexibility index (Phi) is 5.78. The molecule has 0 unspecified atom stereocenters. The zero-order chi connectivity index (χ0) is 18.0. The number of hydrogen-bond donors (Lipinski definition) is 1. The molecule has 1 aromatic carbocycles. The van der Waals surface area contributed by atoms with Gasteiger partial charge in [0.1, 0.15) is 5.60 Å². The summed E-state index contributed by atoms with van der Waals surface area (Å²) in [5.41, 5.74) is -0.0210. The number of carbonyl (C=O) groups is 1. The first-order valence-electron chi connectivity index (χ1n) is 7.77. The Morgan fingerprint density at radius 2 is 2.04 bits per heavy atom. The van der Waals surface area contributed by atoms with Gasteiger partial charge in [-0.05, 0) is 38.8 Å².